The van der Waals surface area contributed by atoms with Crippen molar-refractivity contribution >= 4 is 17.4 Å². The van der Waals surface area contributed by atoms with Crippen LogP contribution >= 0.6 is 0 Å². The van der Waals surface area contributed by atoms with Gasteiger partial charge in [-0.25, -0.2) is 14.6 Å². The first-order valence-electron chi connectivity index (χ1n) is 8.43. The molecule has 0 saturated heterocycles. The van der Waals surface area contributed by atoms with Gasteiger partial charge in [0.1, 0.15) is 5.82 Å². The molecule has 1 heterocycles. The number of hydrazone groups is 1. The normalized spacial score (nSPS) is 14.1. The number of hydrogen-bond acceptors (Lipinski definition) is 7. The van der Waals surface area contributed by atoms with Crippen molar-refractivity contribution in [3.8, 4) is 0 Å². The van der Waals surface area contributed by atoms with Crippen molar-refractivity contribution in [2.24, 2.45) is 5.10 Å². The SMILES string of the molecule is COC1=CC(OC)=NN(OC(C(=O)O)=C(c2ccccc2)c2cccc(F)c2)N1. The molecule has 2 N–H and O–H groups in total. The number of nitrogens with one attached hydrogen (secondary N) is 1. The summed E-state index contributed by atoms with van der Waals surface area (Å²) in [7, 11) is 2.80. The molecule has 0 amide bonds. The van der Waals surface area contributed by atoms with Crippen LogP contribution in [0.1, 0.15) is 11.1 Å². The standard InChI is InChI=1S/C20H18FN3O5/c1-27-16-12-17(28-2)23-24(22-16)29-19(20(25)26)18(13-7-4-3-5-8-13)14-9-6-10-15(21)11-14/h3-12,22H,1-2H3,(H,25,26). The molecule has 1 aliphatic heterocycles. The second kappa shape index (κ2) is 8.79. The zero-order valence-electron chi connectivity index (χ0n) is 15.6. The van der Waals surface area contributed by atoms with Gasteiger partial charge in [-0.2, -0.15) is 0 Å². The zero-order valence-corrected chi connectivity index (χ0v) is 15.6. The number of carbonyl (C=O) groups is 1. The minimum Gasteiger partial charge on any atom is -0.481 e. The number of rotatable bonds is 6. The average molecular weight is 399 g/mol. The molecule has 2 aromatic carbocycles. The lowest BCUT2D eigenvalue weighted by atomic mass is 9.96. The predicted octanol–water partition coefficient (Wildman–Crippen LogP) is 2.87. The van der Waals surface area contributed by atoms with Gasteiger partial charge in [-0.1, -0.05) is 47.6 Å². The monoisotopic (exact) mass is 399 g/mol. The smallest absolute Gasteiger partial charge is 0.375 e. The molecule has 0 atom stereocenters. The summed E-state index contributed by atoms with van der Waals surface area (Å²) in [6.45, 7) is 0. The highest BCUT2D eigenvalue weighted by Gasteiger charge is 2.25. The van der Waals surface area contributed by atoms with Crippen LogP contribution in [0.2, 0.25) is 0 Å². The summed E-state index contributed by atoms with van der Waals surface area (Å²) < 4.78 is 24.0. The fourth-order valence-electron chi connectivity index (χ4n) is 2.59. The summed E-state index contributed by atoms with van der Waals surface area (Å²) in [6.07, 6.45) is 1.45. The molecular weight excluding hydrogens is 381 g/mol. The molecule has 3 rings (SSSR count). The summed E-state index contributed by atoms with van der Waals surface area (Å²) >= 11 is 0. The topological polar surface area (TPSA) is 92.6 Å². The van der Waals surface area contributed by atoms with Crippen molar-refractivity contribution in [3.05, 3.63) is 89.3 Å². The number of halogens is 1. The van der Waals surface area contributed by atoms with E-state index in [0.29, 0.717) is 11.1 Å². The summed E-state index contributed by atoms with van der Waals surface area (Å²) in [5.74, 6) is -2.03. The van der Waals surface area contributed by atoms with Gasteiger partial charge in [0.15, 0.2) is 0 Å². The highest BCUT2D eigenvalue weighted by molar-refractivity contribution is 5.99. The molecule has 1 aliphatic rings. The van der Waals surface area contributed by atoms with Crippen LogP contribution < -0.4 is 5.43 Å². The van der Waals surface area contributed by atoms with Gasteiger partial charge in [0.05, 0.1) is 20.3 Å². The van der Waals surface area contributed by atoms with Gasteiger partial charge in [-0.05, 0) is 28.5 Å². The van der Waals surface area contributed by atoms with Gasteiger partial charge in [0.25, 0.3) is 5.76 Å². The third-order valence-electron chi connectivity index (χ3n) is 3.85. The van der Waals surface area contributed by atoms with Gasteiger partial charge in [0.2, 0.25) is 11.8 Å². The van der Waals surface area contributed by atoms with E-state index < -0.39 is 17.5 Å². The molecule has 9 heteroatoms. The maximum Gasteiger partial charge on any atom is 0.375 e. The van der Waals surface area contributed by atoms with Crippen LogP contribution in [-0.4, -0.2) is 36.5 Å². The Labute approximate surface area is 166 Å². The van der Waals surface area contributed by atoms with E-state index in [4.69, 9.17) is 14.3 Å². The maximum absolute atomic E-state index is 13.9. The third kappa shape index (κ3) is 4.64. The minimum absolute atomic E-state index is 0.123. The van der Waals surface area contributed by atoms with Crippen molar-refractivity contribution in [2.45, 2.75) is 0 Å². The molecule has 0 radical (unpaired) electrons. The fourth-order valence-corrected chi connectivity index (χ4v) is 2.59. The molecule has 0 spiro atoms. The largest absolute Gasteiger partial charge is 0.481 e. The van der Waals surface area contributed by atoms with Gasteiger partial charge in [-0.15, -0.1) is 0 Å². The van der Waals surface area contributed by atoms with Crippen LogP contribution in [0.3, 0.4) is 0 Å². The van der Waals surface area contributed by atoms with Crippen molar-refractivity contribution < 1.29 is 28.6 Å². The summed E-state index contributed by atoms with van der Waals surface area (Å²) in [6, 6.07) is 14.2. The van der Waals surface area contributed by atoms with E-state index in [1.807, 2.05) is 0 Å². The Balaban J connectivity index is 2.11. The van der Waals surface area contributed by atoms with Crippen LogP contribution in [-0.2, 0) is 19.1 Å². The Morgan fingerprint density at radius 2 is 1.79 bits per heavy atom. The summed E-state index contributed by atoms with van der Waals surface area (Å²) in [4.78, 5) is 17.6. The van der Waals surface area contributed by atoms with E-state index >= 15 is 0 Å². The lowest BCUT2D eigenvalue weighted by Gasteiger charge is -2.25. The van der Waals surface area contributed by atoms with Crippen LogP contribution in [0.15, 0.2) is 77.4 Å². The number of hydrazine groups is 1. The number of carboxylic acids is 1. The Morgan fingerprint density at radius 3 is 2.41 bits per heavy atom. The molecule has 0 aromatic heterocycles. The third-order valence-corrected chi connectivity index (χ3v) is 3.85. The van der Waals surface area contributed by atoms with Gasteiger partial charge < -0.3 is 19.4 Å². The van der Waals surface area contributed by atoms with Crippen molar-refractivity contribution in [1.82, 2.24) is 10.7 Å². The van der Waals surface area contributed by atoms with Gasteiger partial charge >= 0.3 is 5.97 Å². The Morgan fingerprint density at radius 1 is 1.07 bits per heavy atom. The second-order valence-corrected chi connectivity index (χ2v) is 5.72. The number of aliphatic carboxylic acids is 1. The van der Waals surface area contributed by atoms with Crippen molar-refractivity contribution in [3.63, 3.8) is 0 Å². The number of ether oxygens (including phenoxy) is 2. The Kier molecular flexibility index (Phi) is 5.98. The van der Waals surface area contributed by atoms with Crippen LogP contribution in [0.5, 0.6) is 0 Å². The van der Waals surface area contributed by atoms with E-state index in [2.05, 4.69) is 10.5 Å². The summed E-state index contributed by atoms with van der Waals surface area (Å²) in [5, 5.41) is 14.6. The molecule has 2 aromatic rings. The molecule has 0 bridgehead atoms. The highest BCUT2D eigenvalue weighted by atomic mass is 19.1. The van der Waals surface area contributed by atoms with Gasteiger partial charge in [0, 0.05) is 5.57 Å². The van der Waals surface area contributed by atoms with E-state index in [-0.39, 0.29) is 17.4 Å². The second-order valence-electron chi connectivity index (χ2n) is 5.72. The Bertz CT molecular complexity index is 989. The molecule has 0 fully saturated rings. The number of nitrogens with zero attached hydrogens (tertiary/aromatic N) is 2. The molecular formula is C20H18FN3O5. The number of methoxy groups -OCH3 is 2. The molecule has 0 unspecified atom stereocenters. The average Bonchev–Trinajstić information content (AvgIpc) is 2.73. The lowest BCUT2D eigenvalue weighted by Crippen LogP contribution is -2.38. The molecule has 8 nitrogen and oxygen atoms in total. The molecule has 29 heavy (non-hydrogen) atoms. The lowest BCUT2D eigenvalue weighted by molar-refractivity contribution is -0.179. The Hall–Kier alpha value is -4.01. The van der Waals surface area contributed by atoms with E-state index in [1.54, 1.807) is 36.4 Å². The van der Waals surface area contributed by atoms with Crippen LogP contribution in [0.4, 0.5) is 4.39 Å². The fraction of sp³-hybridized carbons (Fsp3) is 0.100. The predicted molar refractivity (Wildman–Crippen MR) is 102 cm³/mol. The van der Waals surface area contributed by atoms with Crippen LogP contribution in [0.25, 0.3) is 5.57 Å². The first-order chi connectivity index (χ1) is 14.0. The highest BCUT2D eigenvalue weighted by Crippen LogP contribution is 2.29. The first-order valence-corrected chi connectivity index (χ1v) is 8.43. The van der Waals surface area contributed by atoms with Gasteiger partial charge in [-0.3, -0.25) is 0 Å². The minimum atomic E-state index is -1.38. The number of hydrogen-bond donors (Lipinski definition) is 2. The van der Waals surface area contributed by atoms with Crippen molar-refractivity contribution in [1.29, 1.82) is 0 Å². The van der Waals surface area contributed by atoms with E-state index in [9.17, 15) is 14.3 Å². The van der Waals surface area contributed by atoms with E-state index in [1.165, 1.54) is 38.5 Å². The van der Waals surface area contributed by atoms with Crippen molar-refractivity contribution in [2.75, 3.05) is 14.2 Å². The quantitative estimate of drug-likeness (QED) is 0.570. The number of carboxylic acid groups (broad SMARTS) is 1. The number of benzene rings is 2. The van der Waals surface area contributed by atoms with E-state index in [0.717, 1.165) is 5.28 Å². The maximum atomic E-state index is 13.9. The zero-order chi connectivity index (χ0) is 20.8. The van der Waals surface area contributed by atoms with Crippen LogP contribution in [0, 0.1) is 5.82 Å². The molecule has 0 aliphatic carbocycles. The molecule has 150 valence electrons. The first kappa shape index (κ1) is 19.7. The summed E-state index contributed by atoms with van der Waals surface area (Å²) in [5.41, 5.74) is 3.64. The molecule has 0 saturated carbocycles.